The van der Waals surface area contributed by atoms with Gasteiger partial charge in [-0.05, 0) is 42.8 Å². The molecular formula is C21H20N4O4S2. The second-order valence-electron chi connectivity index (χ2n) is 6.69. The number of para-hydroxylation sites is 1. The van der Waals surface area contributed by atoms with Crippen molar-refractivity contribution < 1.29 is 17.6 Å². The van der Waals surface area contributed by atoms with Gasteiger partial charge in [-0.1, -0.05) is 36.0 Å². The molecule has 160 valence electrons. The smallest absolute Gasteiger partial charge is 0.323 e. The van der Waals surface area contributed by atoms with Crippen molar-refractivity contribution in [1.82, 2.24) is 4.98 Å². The lowest BCUT2D eigenvalue weighted by Crippen LogP contribution is -2.33. The van der Waals surface area contributed by atoms with Gasteiger partial charge in [0.2, 0.25) is 15.9 Å². The first-order valence-corrected chi connectivity index (χ1v) is 11.8. The van der Waals surface area contributed by atoms with E-state index in [-0.39, 0.29) is 6.03 Å². The Bertz CT molecular complexity index is 1180. The average Bonchev–Trinajstić information content (AvgIpc) is 3.46. The molecule has 0 saturated carbocycles. The summed E-state index contributed by atoms with van der Waals surface area (Å²) >= 11 is 1.22. The molecule has 1 atom stereocenters. The topological polar surface area (TPSA) is 105 Å². The number of sulfonamides is 1. The summed E-state index contributed by atoms with van der Waals surface area (Å²) in [5.74, 6) is 0.426. The molecule has 4 rings (SSSR count). The van der Waals surface area contributed by atoms with E-state index >= 15 is 0 Å². The average molecular weight is 457 g/mol. The molecule has 31 heavy (non-hydrogen) atoms. The zero-order valence-corrected chi connectivity index (χ0v) is 18.2. The van der Waals surface area contributed by atoms with Crippen LogP contribution < -0.4 is 14.9 Å². The zero-order valence-electron chi connectivity index (χ0n) is 16.6. The van der Waals surface area contributed by atoms with Crippen molar-refractivity contribution in [3.63, 3.8) is 0 Å². The van der Waals surface area contributed by atoms with E-state index < -0.39 is 14.6 Å². The first-order chi connectivity index (χ1) is 14.9. The van der Waals surface area contributed by atoms with Crippen LogP contribution in [-0.4, -0.2) is 31.1 Å². The fourth-order valence-corrected chi connectivity index (χ4v) is 6.16. The summed E-state index contributed by atoms with van der Waals surface area (Å²) in [6.07, 6.45) is 5.18. The highest BCUT2D eigenvalue weighted by atomic mass is 32.3. The lowest BCUT2D eigenvalue weighted by atomic mass is 10.3. The Hall–Kier alpha value is -3.24. The van der Waals surface area contributed by atoms with E-state index in [1.54, 1.807) is 36.4 Å². The Labute approximate surface area is 184 Å². The van der Waals surface area contributed by atoms with Gasteiger partial charge >= 0.3 is 6.03 Å². The summed E-state index contributed by atoms with van der Waals surface area (Å²) in [6.45, 7) is 0. The number of rotatable bonds is 6. The van der Waals surface area contributed by atoms with Crippen molar-refractivity contribution in [2.75, 3.05) is 22.0 Å². The fourth-order valence-electron chi connectivity index (χ4n) is 3.00. The van der Waals surface area contributed by atoms with Crippen molar-refractivity contribution in [3.8, 4) is 0 Å². The van der Waals surface area contributed by atoms with Crippen LogP contribution in [0.2, 0.25) is 0 Å². The Balaban J connectivity index is 1.38. The number of benzene rings is 2. The zero-order chi connectivity index (χ0) is 21.8. The maximum atomic E-state index is 13.1. The monoisotopic (exact) mass is 456 g/mol. The van der Waals surface area contributed by atoms with Crippen LogP contribution in [0.4, 0.5) is 21.9 Å². The summed E-state index contributed by atoms with van der Waals surface area (Å²) in [6, 6.07) is 15.3. The summed E-state index contributed by atoms with van der Waals surface area (Å²) < 4.78 is 32.0. The fraction of sp³-hybridized carbons (Fsp3) is 0.143. The van der Waals surface area contributed by atoms with Gasteiger partial charge < -0.3 is 15.1 Å². The summed E-state index contributed by atoms with van der Waals surface area (Å²) in [4.78, 5) is 16.9. The van der Waals surface area contributed by atoms with E-state index in [2.05, 4.69) is 15.6 Å². The molecule has 1 aliphatic rings. The number of allylic oxidation sites excluding steroid dienone is 1. The number of nitrogens with zero attached hydrogens (tertiary/aromatic N) is 2. The maximum Gasteiger partial charge on any atom is 0.323 e. The van der Waals surface area contributed by atoms with Crippen molar-refractivity contribution in [2.24, 2.45) is 0 Å². The minimum absolute atomic E-state index is 0.369. The van der Waals surface area contributed by atoms with E-state index in [0.29, 0.717) is 29.4 Å². The molecule has 1 aromatic heterocycles. The third-order valence-electron chi connectivity index (χ3n) is 4.63. The summed E-state index contributed by atoms with van der Waals surface area (Å²) in [5.41, 5.74) is 1.72. The number of thioether (sulfide) groups is 1. The normalized spacial score (nSPS) is 15.9. The summed E-state index contributed by atoms with van der Waals surface area (Å²) in [5, 5.41) is 5.45. The Morgan fingerprint density at radius 2 is 1.77 bits per heavy atom. The number of anilines is 3. The van der Waals surface area contributed by atoms with Gasteiger partial charge in [0.25, 0.3) is 0 Å². The summed E-state index contributed by atoms with van der Waals surface area (Å²) in [7, 11) is -2.10. The molecule has 0 fully saturated rings. The number of aromatic nitrogens is 1. The number of urea groups is 1. The van der Waals surface area contributed by atoms with Crippen molar-refractivity contribution >= 4 is 49.8 Å². The van der Waals surface area contributed by atoms with E-state index in [9.17, 15) is 13.2 Å². The molecule has 0 aliphatic carbocycles. The maximum absolute atomic E-state index is 13.1. The lowest BCUT2D eigenvalue weighted by molar-refractivity contribution is 0.262. The van der Waals surface area contributed by atoms with Crippen LogP contribution in [0.1, 0.15) is 12.3 Å². The molecule has 8 nitrogen and oxygen atoms in total. The van der Waals surface area contributed by atoms with E-state index in [4.69, 9.17) is 4.42 Å². The standard InChI is InChI=1S/C21H20N4O4S2/c1-25(31(27,28)19-12-11-18(30-19)20-22-13-14-29-20)17-9-7-16(8-10-17)24-21(26)23-15-5-3-2-4-6-15/h2-11,13-14,19H,12H2,1H3,(H2,23,24,26). The molecule has 0 radical (unpaired) electrons. The number of amides is 2. The van der Waals surface area contributed by atoms with Crippen LogP contribution in [-0.2, 0) is 10.0 Å². The molecule has 1 aliphatic heterocycles. The number of carbonyl (C=O) groups excluding carboxylic acids is 1. The predicted molar refractivity (Wildman–Crippen MR) is 123 cm³/mol. The number of nitrogens with one attached hydrogen (secondary N) is 2. The van der Waals surface area contributed by atoms with Crippen LogP contribution in [0, 0.1) is 0 Å². The van der Waals surface area contributed by atoms with Crippen molar-refractivity contribution in [1.29, 1.82) is 0 Å². The molecule has 2 heterocycles. The van der Waals surface area contributed by atoms with Gasteiger partial charge in [0.05, 0.1) is 16.8 Å². The second-order valence-corrected chi connectivity index (χ2v) is 10.4. The molecule has 0 bridgehead atoms. The Morgan fingerprint density at radius 1 is 1.10 bits per heavy atom. The second kappa shape index (κ2) is 8.86. The van der Waals surface area contributed by atoms with Crippen LogP contribution >= 0.6 is 11.8 Å². The molecular weight excluding hydrogens is 436 g/mol. The molecule has 2 N–H and O–H groups in total. The highest BCUT2D eigenvalue weighted by molar-refractivity contribution is 8.19. The predicted octanol–water partition coefficient (Wildman–Crippen LogP) is 4.59. The van der Waals surface area contributed by atoms with Gasteiger partial charge in [0, 0.05) is 18.4 Å². The molecule has 2 amide bonds. The van der Waals surface area contributed by atoms with E-state index in [1.807, 2.05) is 24.3 Å². The van der Waals surface area contributed by atoms with Gasteiger partial charge in [-0.2, -0.15) is 0 Å². The number of hydrogen-bond donors (Lipinski definition) is 2. The number of oxazole rings is 1. The third-order valence-corrected chi connectivity index (χ3v) is 8.53. The van der Waals surface area contributed by atoms with Crippen LogP contribution in [0.3, 0.4) is 0 Å². The molecule has 2 aromatic carbocycles. The van der Waals surface area contributed by atoms with Gasteiger partial charge in [0.15, 0.2) is 0 Å². The van der Waals surface area contributed by atoms with Gasteiger partial charge in [-0.25, -0.2) is 18.2 Å². The Morgan fingerprint density at radius 3 is 2.42 bits per heavy atom. The van der Waals surface area contributed by atoms with Crippen molar-refractivity contribution in [3.05, 3.63) is 79.0 Å². The van der Waals surface area contributed by atoms with Gasteiger partial charge in [-0.3, -0.25) is 4.31 Å². The van der Waals surface area contributed by atoms with Crippen molar-refractivity contribution in [2.45, 2.75) is 11.0 Å². The highest BCUT2D eigenvalue weighted by Gasteiger charge is 2.35. The van der Waals surface area contributed by atoms with Gasteiger partial charge in [0.1, 0.15) is 10.8 Å². The molecule has 10 heteroatoms. The molecule has 3 aromatic rings. The Kier molecular flexibility index (Phi) is 6.01. The molecule has 0 saturated heterocycles. The first-order valence-electron chi connectivity index (χ1n) is 9.41. The SMILES string of the molecule is CN(c1ccc(NC(=O)Nc2ccccc2)cc1)S(=O)(=O)C1CC=C(c2ncco2)S1. The van der Waals surface area contributed by atoms with Crippen LogP contribution in [0.15, 0.2) is 77.6 Å². The first kappa shape index (κ1) is 21.0. The lowest BCUT2D eigenvalue weighted by Gasteiger charge is -2.23. The minimum Gasteiger partial charge on any atom is -0.444 e. The van der Waals surface area contributed by atoms with E-state index in [0.717, 1.165) is 4.91 Å². The minimum atomic E-state index is -3.62. The van der Waals surface area contributed by atoms with Gasteiger partial charge in [-0.15, -0.1) is 0 Å². The number of hydrogen-bond acceptors (Lipinski definition) is 6. The molecule has 1 unspecified atom stereocenters. The third kappa shape index (κ3) is 4.75. The van der Waals surface area contributed by atoms with Crippen LogP contribution in [0.5, 0.6) is 0 Å². The number of carbonyl (C=O) groups is 1. The van der Waals surface area contributed by atoms with Crippen LogP contribution in [0.25, 0.3) is 4.91 Å². The van der Waals surface area contributed by atoms with E-state index in [1.165, 1.54) is 35.6 Å². The molecule has 0 spiro atoms. The quantitative estimate of drug-likeness (QED) is 0.562. The highest BCUT2D eigenvalue weighted by Crippen LogP contribution is 2.42. The largest absolute Gasteiger partial charge is 0.444 e.